The van der Waals surface area contributed by atoms with Crippen molar-refractivity contribution >= 4 is 69.2 Å². The lowest BCUT2D eigenvalue weighted by Crippen LogP contribution is -2.48. The Morgan fingerprint density at radius 3 is 2.61 bits per heavy atom. The second kappa shape index (κ2) is 12.2. The zero-order valence-electron chi connectivity index (χ0n) is 17.4. The second-order valence-electron chi connectivity index (χ2n) is 6.92. The van der Waals surface area contributed by atoms with Gasteiger partial charge in [-0.1, -0.05) is 65.7 Å². The number of fused-ring (bicyclic) bond motifs is 1. The number of nitrogens with one attached hydrogen (secondary N) is 3. The van der Waals surface area contributed by atoms with E-state index in [9.17, 15) is 9.59 Å². The smallest absolute Gasteiger partial charge is 0.250 e. The van der Waals surface area contributed by atoms with Gasteiger partial charge in [0.15, 0.2) is 5.11 Å². The summed E-state index contributed by atoms with van der Waals surface area (Å²) in [6, 6.07) is 18.7. The molecule has 33 heavy (non-hydrogen) atoms. The summed E-state index contributed by atoms with van der Waals surface area (Å²) in [5.74, 6) is -0.216. The van der Waals surface area contributed by atoms with E-state index in [1.165, 1.54) is 6.08 Å². The van der Waals surface area contributed by atoms with Gasteiger partial charge in [0.25, 0.3) is 0 Å². The Morgan fingerprint density at radius 1 is 1.00 bits per heavy atom. The largest absolute Gasteiger partial charge is 0.492 e. The van der Waals surface area contributed by atoms with Crippen molar-refractivity contribution in [2.75, 3.05) is 6.61 Å². The SMILES string of the molecule is O=C(/C=C/c1cccc2ccccc12)NC(=S)NNC(=O)CCCOc1ccc(Cl)cc1Cl. The standard InChI is InChI=1S/C24H21Cl2N3O3S/c25-18-11-12-21(20(26)15-18)32-14-4-9-23(31)28-29-24(33)27-22(30)13-10-17-7-3-6-16-5-1-2-8-19(16)17/h1-3,5-8,10-13,15H,4,9,14H2,(H,28,31)(H2,27,29,30,33)/b13-10+. The molecule has 3 rings (SSSR count). The number of ether oxygens (including phenoxy) is 1. The third kappa shape index (κ3) is 7.75. The fraction of sp³-hybridized carbons (Fsp3) is 0.125. The second-order valence-corrected chi connectivity index (χ2v) is 8.17. The molecule has 9 heteroatoms. The van der Waals surface area contributed by atoms with Gasteiger partial charge in [-0.25, -0.2) is 0 Å². The van der Waals surface area contributed by atoms with E-state index in [2.05, 4.69) is 16.2 Å². The quantitative estimate of drug-likeness (QED) is 0.183. The van der Waals surface area contributed by atoms with E-state index < -0.39 is 5.91 Å². The Bertz CT molecular complexity index is 1200. The molecule has 170 valence electrons. The molecule has 2 amide bonds. The molecule has 0 fully saturated rings. The summed E-state index contributed by atoms with van der Waals surface area (Å²) < 4.78 is 5.53. The number of rotatable bonds is 7. The molecule has 0 aliphatic rings. The number of halogens is 2. The van der Waals surface area contributed by atoms with E-state index in [1.807, 2.05) is 42.5 Å². The van der Waals surface area contributed by atoms with Crippen LogP contribution in [0.5, 0.6) is 5.75 Å². The molecule has 0 aromatic heterocycles. The van der Waals surface area contributed by atoms with Crippen LogP contribution in [0, 0.1) is 0 Å². The number of carbonyl (C=O) groups excluding carboxylic acids is 2. The highest BCUT2D eigenvalue weighted by Crippen LogP contribution is 2.27. The summed E-state index contributed by atoms with van der Waals surface area (Å²) in [6.07, 6.45) is 3.75. The Labute approximate surface area is 206 Å². The summed E-state index contributed by atoms with van der Waals surface area (Å²) in [6.45, 7) is 0.301. The van der Waals surface area contributed by atoms with Crippen LogP contribution in [0.2, 0.25) is 10.0 Å². The predicted molar refractivity (Wildman–Crippen MR) is 136 cm³/mol. The summed E-state index contributed by atoms with van der Waals surface area (Å²) in [4.78, 5) is 24.1. The fourth-order valence-corrected chi connectivity index (χ4v) is 3.56. The van der Waals surface area contributed by atoms with Crippen LogP contribution in [0.25, 0.3) is 16.8 Å². The molecule has 3 N–H and O–H groups in total. The predicted octanol–water partition coefficient (Wildman–Crippen LogP) is 5.04. The molecule has 0 unspecified atom stereocenters. The number of hydrazine groups is 1. The zero-order chi connectivity index (χ0) is 23.6. The van der Waals surface area contributed by atoms with E-state index >= 15 is 0 Å². The van der Waals surface area contributed by atoms with Gasteiger partial charge in [0.1, 0.15) is 5.75 Å². The van der Waals surface area contributed by atoms with Gasteiger partial charge in [0, 0.05) is 17.5 Å². The maximum atomic E-state index is 12.1. The van der Waals surface area contributed by atoms with Crippen molar-refractivity contribution in [3.8, 4) is 5.75 Å². The number of benzene rings is 3. The zero-order valence-corrected chi connectivity index (χ0v) is 19.8. The minimum atomic E-state index is -0.414. The first-order valence-corrected chi connectivity index (χ1v) is 11.2. The van der Waals surface area contributed by atoms with Gasteiger partial charge >= 0.3 is 0 Å². The number of carbonyl (C=O) groups is 2. The number of hydrogen-bond acceptors (Lipinski definition) is 4. The molecule has 0 spiro atoms. The maximum Gasteiger partial charge on any atom is 0.250 e. The molecule has 0 aliphatic heterocycles. The molecule has 3 aromatic rings. The highest BCUT2D eigenvalue weighted by atomic mass is 35.5. The van der Waals surface area contributed by atoms with Crippen LogP contribution < -0.4 is 20.9 Å². The van der Waals surface area contributed by atoms with Crippen LogP contribution in [0.3, 0.4) is 0 Å². The van der Waals surface area contributed by atoms with E-state index in [1.54, 1.807) is 24.3 Å². The van der Waals surface area contributed by atoms with Gasteiger partial charge in [0.2, 0.25) is 11.8 Å². The van der Waals surface area contributed by atoms with Crippen molar-refractivity contribution in [3.63, 3.8) is 0 Å². The third-order valence-electron chi connectivity index (χ3n) is 4.49. The van der Waals surface area contributed by atoms with E-state index in [4.69, 9.17) is 40.2 Å². The summed E-state index contributed by atoms with van der Waals surface area (Å²) in [5, 5.41) is 5.52. The molecule has 0 atom stereocenters. The fourth-order valence-electron chi connectivity index (χ4n) is 2.94. The summed E-state index contributed by atoms with van der Waals surface area (Å²) in [5.41, 5.74) is 5.85. The van der Waals surface area contributed by atoms with E-state index in [-0.39, 0.29) is 17.4 Å². The Balaban J connectivity index is 1.36. The molecular formula is C24H21Cl2N3O3S. The highest BCUT2D eigenvalue weighted by molar-refractivity contribution is 7.80. The molecule has 0 aliphatic carbocycles. The Kier molecular flexibility index (Phi) is 9.06. The van der Waals surface area contributed by atoms with Crippen molar-refractivity contribution in [1.82, 2.24) is 16.2 Å². The van der Waals surface area contributed by atoms with Crippen LogP contribution in [-0.2, 0) is 9.59 Å². The van der Waals surface area contributed by atoms with Crippen LogP contribution in [0.1, 0.15) is 18.4 Å². The Hall–Kier alpha value is -3.13. The van der Waals surface area contributed by atoms with Crippen molar-refractivity contribution in [2.45, 2.75) is 12.8 Å². The lowest BCUT2D eigenvalue weighted by atomic mass is 10.0. The summed E-state index contributed by atoms with van der Waals surface area (Å²) >= 11 is 16.9. The van der Waals surface area contributed by atoms with Crippen LogP contribution in [-0.4, -0.2) is 23.5 Å². The van der Waals surface area contributed by atoms with Gasteiger partial charge in [-0.15, -0.1) is 0 Å². The monoisotopic (exact) mass is 501 g/mol. The maximum absolute atomic E-state index is 12.1. The van der Waals surface area contributed by atoms with E-state index in [0.717, 1.165) is 16.3 Å². The van der Waals surface area contributed by atoms with E-state index in [0.29, 0.717) is 28.8 Å². The molecule has 0 bridgehead atoms. The average molecular weight is 502 g/mol. The molecule has 3 aromatic carbocycles. The van der Waals surface area contributed by atoms with Gasteiger partial charge < -0.3 is 4.74 Å². The molecular weight excluding hydrogens is 481 g/mol. The van der Waals surface area contributed by atoms with Crippen LogP contribution >= 0.6 is 35.4 Å². The topological polar surface area (TPSA) is 79.5 Å². The first kappa shape index (κ1) is 24.5. The minimum Gasteiger partial charge on any atom is -0.492 e. The molecule has 6 nitrogen and oxygen atoms in total. The van der Waals surface area contributed by atoms with Gasteiger partial charge in [-0.05, 0) is 59.2 Å². The van der Waals surface area contributed by atoms with Crippen molar-refractivity contribution < 1.29 is 14.3 Å². The number of thiocarbonyl (C=S) groups is 1. The van der Waals surface area contributed by atoms with Crippen molar-refractivity contribution in [3.05, 3.63) is 82.3 Å². The normalized spacial score (nSPS) is 10.7. The van der Waals surface area contributed by atoms with Gasteiger partial charge in [0.05, 0.1) is 11.6 Å². The first-order chi connectivity index (χ1) is 15.9. The summed E-state index contributed by atoms with van der Waals surface area (Å²) in [7, 11) is 0. The first-order valence-electron chi connectivity index (χ1n) is 10.1. The Morgan fingerprint density at radius 2 is 1.79 bits per heavy atom. The van der Waals surface area contributed by atoms with Crippen LogP contribution in [0.15, 0.2) is 66.7 Å². The minimum absolute atomic E-state index is 0.0138. The van der Waals surface area contributed by atoms with Gasteiger partial charge in [-0.2, -0.15) is 0 Å². The number of amides is 2. The van der Waals surface area contributed by atoms with Crippen molar-refractivity contribution in [1.29, 1.82) is 0 Å². The lowest BCUT2D eigenvalue weighted by Gasteiger charge is -2.10. The molecule has 0 heterocycles. The van der Waals surface area contributed by atoms with Gasteiger partial charge in [-0.3, -0.25) is 25.8 Å². The molecule has 0 saturated carbocycles. The number of hydrogen-bond donors (Lipinski definition) is 3. The van der Waals surface area contributed by atoms with Crippen LogP contribution in [0.4, 0.5) is 0 Å². The average Bonchev–Trinajstić information content (AvgIpc) is 2.80. The third-order valence-corrected chi connectivity index (χ3v) is 5.22. The molecule has 0 radical (unpaired) electrons. The molecule has 0 saturated heterocycles. The van der Waals surface area contributed by atoms with Crippen molar-refractivity contribution in [2.24, 2.45) is 0 Å². The highest BCUT2D eigenvalue weighted by Gasteiger charge is 2.06. The lowest BCUT2D eigenvalue weighted by molar-refractivity contribution is -0.122.